The van der Waals surface area contributed by atoms with Crippen molar-refractivity contribution in [2.24, 2.45) is 0 Å². The number of rotatable bonds is 8. The van der Waals surface area contributed by atoms with Crippen LogP contribution in [0, 0.1) is 13.8 Å². The highest BCUT2D eigenvalue weighted by atomic mass is 32.2. The minimum Gasteiger partial charge on any atom is -0.350 e. The van der Waals surface area contributed by atoms with Crippen LogP contribution in [0.4, 0.5) is 5.69 Å². The summed E-state index contributed by atoms with van der Waals surface area (Å²) in [6.45, 7) is 6.01. The van der Waals surface area contributed by atoms with Gasteiger partial charge in [-0.2, -0.15) is 0 Å². The topological polar surface area (TPSA) is 84.3 Å². The quantitative estimate of drug-likeness (QED) is 0.582. The largest absolute Gasteiger partial charge is 0.350 e. The molecule has 2 aromatic carbocycles. The number of sulfonamides is 1. The van der Waals surface area contributed by atoms with Crippen molar-refractivity contribution < 1.29 is 13.2 Å². The Hall–Kier alpha value is -3.13. The van der Waals surface area contributed by atoms with Crippen LogP contribution in [0.2, 0.25) is 0 Å². The highest BCUT2D eigenvalue weighted by molar-refractivity contribution is 7.92. The summed E-state index contributed by atoms with van der Waals surface area (Å²) in [6, 6.07) is 12.3. The Morgan fingerprint density at radius 3 is 2.39 bits per heavy atom. The second kappa shape index (κ2) is 9.34. The predicted molar refractivity (Wildman–Crippen MR) is 123 cm³/mol. The second-order valence-electron chi connectivity index (χ2n) is 7.61. The van der Waals surface area contributed by atoms with Crippen molar-refractivity contribution in [3.63, 3.8) is 0 Å². The smallest absolute Gasteiger partial charge is 0.244 e. The highest BCUT2D eigenvalue weighted by Gasteiger charge is 2.31. The average Bonchev–Trinajstić information content (AvgIpc) is 3.27. The molecule has 1 amide bonds. The Balaban J connectivity index is 1.76. The predicted octanol–water partition coefficient (Wildman–Crippen LogP) is 3.35. The molecule has 1 heterocycles. The summed E-state index contributed by atoms with van der Waals surface area (Å²) in [5, 5.41) is 2.89. The summed E-state index contributed by atoms with van der Waals surface area (Å²) in [4.78, 5) is 17.0. The molecule has 0 bridgehead atoms. The van der Waals surface area contributed by atoms with Crippen molar-refractivity contribution in [3.8, 4) is 5.69 Å². The first-order valence-electron chi connectivity index (χ1n) is 10.1. The molecule has 1 aromatic heterocycles. The molecule has 31 heavy (non-hydrogen) atoms. The van der Waals surface area contributed by atoms with Gasteiger partial charge in [-0.15, -0.1) is 0 Å². The van der Waals surface area contributed by atoms with Gasteiger partial charge in [0.2, 0.25) is 15.9 Å². The van der Waals surface area contributed by atoms with Crippen molar-refractivity contribution >= 4 is 21.6 Å². The molecule has 3 rings (SSSR count). The number of aryl methyl sites for hydroxylation is 2. The lowest BCUT2D eigenvalue weighted by atomic mass is 10.1. The molecule has 0 radical (unpaired) electrons. The molecule has 0 spiro atoms. The van der Waals surface area contributed by atoms with E-state index < -0.39 is 16.1 Å². The number of carbonyl (C=O) groups is 1. The number of anilines is 1. The zero-order valence-corrected chi connectivity index (χ0v) is 19.1. The normalized spacial score (nSPS) is 12.4. The average molecular weight is 441 g/mol. The first-order chi connectivity index (χ1) is 14.7. The molecular formula is C23H28N4O3S. The van der Waals surface area contributed by atoms with Gasteiger partial charge in [0.25, 0.3) is 0 Å². The minimum absolute atomic E-state index is 0.310. The van der Waals surface area contributed by atoms with E-state index in [0.29, 0.717) is 18.7 Å². The Morgan fingerprint density at radius 1 is 1.13 bits per heavy atom. The third kappa shape index (κ3) is 5.32. The van der Waals surface area contributed by atoms with Gasteiger partial charge in [0.1, 0.15) is 6.04 Å². The van der Waals surface area contributed by atoms with Crippen LogP contribution in [0.1, 0.15) is 30.0 Å². The lowest BCUT2D eigenvalue weighted by molar-refractivity contribution is -0.122. The van der Waals surface area contributed by atoms with Gasteiger partial charge in [-0.1, -0.05) is 25.1 Å². The van der Waals surface area contributed by atoms with Crippen LogP contribution in [-0.2, 0) is 21.4 Å². The van der Waals surface area contributed by atoms with Crippen LogP contribution in [-0.4, -0.2) is 36.2 Å². The van der Waals surface area contributed by atoms with Crippen LogP contribution in [0.25, 0.3) is 5.69 Å². The third-order valence-electron chi connectivity index (χ3n) is 5.28. The second-order valence-corrected chi connectivity index (χ2v) is 9.47. The molecule has 1 atom stereocenters. The Morgan fingerprint density at radius 2 is 1.84 bits per heavy atom. The number of hydrogen-bond donors (Lipinski definition) is 1. The molecule has 0 unspecified atom stereocenters. The molecule has 3 aromatic rings. The zero-order valence-electron chi connectivity index (χ0n) is 18.2. The number of benzene rings is 2. The van der Waals surface area contributed by atoms with Crippen molar-refractivity contribution in [2.75, 3.05) is 10.6 Å². The monoisotopic (exact) mass is 440 g/mol. The van der Waals surface area contributed by atoms with E-state index in [1.165, 1.54) is 4.31 Å². The van der Waals surface area contributed by atoms with Crippen molar-refractivity contribution in [3.05, 3.63) is 77.9 Å². The van der Waals surface area contributed by atoms with Gasteiger partial charge in [-0.05, 0) is 61.2 Å². The van der Waals surface area contributed by atoms with Crippen molar-refractivity contribution in [1.29, 1.82) is 0 Å². The SMILES string of the molecule is CC[C@H](C(=O)NCc1ccc(-n2ccnc2)cc1)N(c1ccc(C)c(C)c1)S(C)(=O)=O. The molecule has 0 aliphatic carbocycles. The van der Waals surface area contributed by atoms with Crippen LogP contribution < -0.4 is 9.62 Å². The lowest BCUT2D eigenvalue weighted by Gasteiger charge is -2.30. The summed E-state index contributed by atoms with van der Waals surface area (Å²) in [6.07, 6.45) is 6.77. The standard InChI is InChI=1S/C23H28N4O3S/c1-5-22(27(31(4,29)30)21-9-6-17(2)18(3)14-21)23(28)25-15-19-7-10-20(11-8-19)26-13-12-24-16-26/h6-14,16,22H,5,15H2,1-4H3,(H,25,28)/t22-/m1/s1. The first-order valence-corrected chi connectivity index (χ1v) is 12.0. The van der Waals surface area contributed by atoms with Gasteiger partial charge in [0.15, 0.2) is 0 Å². The Bertz CT molecular complexity index is 1140. The van der Waals surface area contributed by atoms with Crippen molar-refractivity contribution in [1.82, 2.24) is 14.9 Å². The van der Waals surface area contributed by atoms with E-state index in [-0.39, 0.29) is 5.91 Å². The molecule has 0 fully saturated rings. The van der Waals surface area contributed by atoms with E-state index >= 15 is 0 Å². The summed E-state index contributed by atoms with van der Waals surface area (Å²) in [5.74, 6) is -0.329. The van der Waals surface area contributed by atoms with Gasteiger partial charge >= 0.3 is 0 Å². The van der Waals surface area contributed by atoms with Gasteiger partial charge in [-0.25, -0.2) is 13.4 Å². The van der Waals surface area contributed by atoms with E-state index in [4.69, 9.17) is 0 Å². The lowest BCUT2D eigenvalue weighted by Crippen LogP contribution is -2.49. The number of imidazole rings is 1. The summed E-state index contributed by atoms with van der Waals surface area (Å²) >= 11 is 0. The molecule has 0 saturated heterocycles. The van der Waals surface area contributed by atoms with Gasteiger partial charge in [-0.3, -0.25) is 9.10 Å². The summed E-state index contributed by atoms with van der Waals surface area (Å²) < 4.78 is 28.3. The number of amides is 1. The van der Waals surface area contributed by atoms with E-state index in [0.717, 1.165) is 28.6 Å². The molecule has 164 valence electrons. The van der Waals surface area contributed by atoms with Gasteiger partial charge in [0.05, 0.1) is 18.3 Å². The van der Waals surface area contributed by atoms with Crippen molar-refractivity contribution in [2.45, 2.75) is 39.8 Å². The van der Waals surface area contributed by atoms with Crippen LogP contribution in [0.3, 0.4) is 0 Å². The molecule has 0 aliphatic rings. The van der Waals surface area contributed by atoms with Crippen LogP contribution in [0.15, 0.2) is 61.2 Å². The fourth-order valence-corrected chi connectivity index (χ4v) is 4.63. The number of nitrogens with one attached hydrogen (secondary N) is 1. The van der Waals surface area contributed by atoms with Gasteiger partial charge in [0, 0.05) is 24.6 Å². The number of nitrogens with zero attached hydrogens (tertiary/aromatic N) is 3. The Kier molecular flexibility index (Phi) is 6.80. The minimum atomic E-state index is -3.65. The number of aromatic nitrogens is 2. The van der Waals surface area contributed by atoms with E-state index in [9.17, 15) is 13.2 Å². The molecule has 1 N–H and O–H groups in total. The fourth-order valence-electron chi connectivity index (χ4n) is 3.43. The Labute approximate surface area is 183 Å². The maximum atomic E-state index is 13.0. The number of carbonyl (C=O) groups excluding carboxylic acids is 1. The van der Waals surface area contributed by atoms with E-state index in [2.05, 4.69) is 10.3 Å². The molecular weight excluding hydrogens is 412 g/mol. The van der Waals surface area contributed by atoms with E-state index in [1.807, 2.05) is 61.9 Å². The summed E-state index contributed by atoms with van der Waals surface area (Å²) in [5.41, 5.74) is 4.42. The summed E-state index contributed by atoms with van der Waals surface area (Å²) in [7, 11) is -3.65. The molecule has 0 aliphatic heterocycles. The van der Waals surface area contributed by atoms with Crippen LogP contribution in [0.5, 0.6) is 0 Å². The fraction of sp³-hybridized carbons (Fsp3) is 0.304. The molecule has 0 saturated carbocycles. The van der Waals surface area contributed by atoms with Crippen LogP contribution >= 0.6 is 0 Å². The number of hydrogen-bond acceptors (Lipinski definition) is 4. The molecule has 8 heteroatoms. The maximum absolute atomic E-state index is 13.0. The third-order valence-corrected chi connectivity index (χ3v) is 6.46. The van der Waals surface area contributed by atoms with Gasteiger partial charge < -0.3 is 9.88 Å². The van der Waals surface area contributed by atoms with E-state index in [1.54, 1.807) is 24.7 Å². The zero-order chi connectivity index (χ0) is 22.6. The highest BCUT2D eigenvalue weighted by Crippen LogP contribution is 2.25. The maximum Gasteiger partial charge on any atom is 0.244 e. The molecule has 7 nitrogen and oxygen atoms in total. The first kappa shape index (κ1) is 22.6.